The third kappa shape index (κ3) is 5.46. The molecule has 0 saturated heterocycles. The monoisotopic (exact) mass is 439 g/mol. The Kier molecular flexibility index (Phi) is 7.51. The number of fused-ring (bicyclic) bond motifs is 1. The normalized spacial score (nSPS) is 20.0. The van der Waals surface area contributed by atoms with Crippen molar-refractivity contribution in [2.24, 2.45) is 11.8 Å². The van der Waals surface area contributed by atoms with Crippen LogP contribution in [0.15, 0.2) is 48.5 Å². The summed E-state index contributed by atoms with van der Waals surface area (Å²) in [5.74, 6) is 1.75. The fourth-order valence-corrected chi connectivity index (χ4v) is 6.37. The van der Waals surface area contributed by atoms with Gasteiger partial charge < -0.3 is 0 Å². The Balaban J connectivity index is 1.51. The Morgan fingerprint density at radius 1 is 0.967 bits per heavy atom. The van der Waals surface area contributed by atoms with E-state index in [-0.39, 0.29) is 0 Å². The van der Waals surface area contributed by atoms with Crippen LogP contribution in [-0.4, -0.2) is 11.4 Å². The number of rotatable bonds is 7. The lowest BCUT2D eigenvalue weighted by Crippen LogP contribution is -2.26. The van der Waals surface area contributed by atoms with Gasteiger partial charge in [-0.1, -0.05) is 81.0 Å². The average molecular weight is 440 g/mol. The number of aryl methyl sites for hydroxylation is 1. The van der Waals surface area contributed by atoms with Crippen molar-refractivity contribution in [3.05, 3.63) is 69.6 Å². The molecule has 0 amide bonds. The molecule has 1 fully saturated rings. The highest BCUT2D eigenvalue weighted by Crippen LogP contribution is 2.33. The fourth-order valence-electron chi connectivity index (χ4n) is 4.99. The Morgan fingerprint density at radius 3 is 2.53 bits per heavy atom. The topological polar surface area (TPSA) is 3.24 Å². The molecular weight excluding hydrogens is 406 g/mol. The minimum atomic E-state index is 0.818. The SMILES string of the molecule is Cc1c(CN(CC[C@@H]2CCCCCC2C)Cc2ccc(Cl)cc2)sc2ccccc12. The summed E-state index contributed by atoms with van der Waals surface area (Å²) in [5.41, 5.74) is 2.81. The predicted octanol–water partition coefficient (Wildman–Crippen LogP) is 8.47. The molecule has 0 aliphatic heterocycles. The molecule has 0 N–H and O–H groups in total. The van der Waals surface area contributed by atoms with Crippen molar-refractivity contribution in [3.63, 3.8) is 0 Å². The molecule has 2 atom stereocenters. The van der Waals surface area contributed by atoms with Gasteiger partial charge in [-0.25, -0.2) is 0 Å². The molecule has 2 aromatic carbocycles. The van der Waals surface area contributed by atoms with Crippen LogP contribution in [0.4, 0.5) is 0 Å². The number of hydrogen-bond acceptors (Lipinski definition) is 2. The second kappa shape index (κ2) is 10.3. The zero-order valence-corrected chi connectivity index (χ0v) is 19.9. The summed E-state index contributed by atoms with van der Waals surface area (Å²) >= 11 is 8.09. The molecule has 0 spiro atoms. The van der Waals surface area contributed by atoms with E-state index < -0.39 is 0 Å². The average Bonchev–Trinajstić information content (AvgIpc) is 2.91. The van der Waals surface area contributed by atoms with Crippen molar-refractivity contribution in [1.82, 2.24) is 4.90 Å². The highest BCUT2D eigenvalue weighted by molar-refractivity contribution is 7.19. The van der Waals surface area contributed by atoms with Crippen LogP contribution in [0, 0.1) is 18.8 Å². The number of halogens is 1. The lowest BCUT2D eigenvalue weighted by Gasteiger charge is -2.27. The maximum Gasteiger partial charge on any atom is 0.0406 e. The summed E-state index contributed by atoms with van der Waals surface area (Å²) in [6, 6.07) is 17.2. The van der Waals surface area contributed by atoms with Crippen molar-refractivity contribution >= 4 is 33.0 Å². The Labute approximate surface area is 191 Å². The van der Waals surface area contributed by atoms with Gasteiger partial charge in [0.1, 0.15) is 0 Å². The van der Waals surface area contributed by atoms with Gasteiger partial charge in [0.05, 0.1) is 0 Å². The molecule has 1 saturated carbocycles. The smallest absolute Gasteiger partial charge is 0.0406 e. The van der Waals surface area contributed by atoms with Crippen LogP contribution >= 0.6 is 22.9 Å². The van der Waals surface area contributed by atoms with Crippen molar-refractivity contribution in [1.29, 1.82) is 0 Å². The summed E-state index contributed by atoms with van der Waals surface area (Å²) < 4.78 is 1.41. The van der Waals surface area contributed by atoms with Crippen molar-refractivity contribution in [3.8, 4) is 0 Å². The maximum atomic E-state index is 6.13. The van der Waals surface area contributed by atoms with E-state index in [1.165, 1.54) is 71.2 Å². The van der Waals surface area contributed by atoms with Crippen LogP contribution in [-0.2, 0) is 13.1 Å². The molecule has 30 heavy (non-hydrogen) atoms. The van der Waals surface area contributed by atoms with E-state index in [4.69, 9.17) is 11.6 Å². The van der Waals surface area contributed by atoms with Gasteiger partial charge >= 0.3 is 0 Å². The molecule has 160 valence electrons. The second-order valence-corrected chi connectivity index (χ2v) is 10.7. The van der Waals surface area contributed by atoms with Gasteiger partial charge in [0.2, 0.25) is 0 Å². The van der Waals surface area contributed by atoms with Crippen LogP contribution in [0.25, 0.3) is 10.1 Å². The van der Waals surface area contributed by atoms with Gasteiger partial charge in [0.15, 0.2) is 0 Å². The molecule has 1 aliphatic rings. The first-order valence-corrected chi connectivity index (χ1v) is 12.7. The van der Waals surface area contributed by atoms with E-state index in [2.05, 4.69) is 55.1 Å². The van der Waals surface area contributed by atoms with Crippen LogP contribution < -0.4 is 0 Å². The van der Waals surface area contributed by atoms with Crippen molar-refractivity contribution < 1.29 is 0 Å². The van der Waals surface area contributed by atoms with Gasteiger partial charge in [-0.3, -0.25) is 4.90 Å². The number of hydrogen-bond donors (Lipinski definition) is 0. The van der Waals surface area contributed by atoms with E-state index >= 15 is 0 Å². The van der Waals surface area contributed by atoms with Gasteiger partial charge in [-0.05, 0) is 66.4 Å². The molecule has 3 aromatic rings. The molecule has 1 unspecified atom stereocenters. The lowest BCUT2D eigenvalue weighted by molar-refractivity contribution is 0.211. The number of thiophene rings is 1. The van der Waals surface area contributed by atoms with Crippen LogP contribution in [0.5, 0.6) is 0 Å². The van der Waals surface area contributed by atoms with Crippen LogP contribution in [0.3, 0.4) is 0 Å². The fraction of sp³-hybridized carbons (Fsp3) is 0.481. The zero-order chi connectivity index (χ0) is 20.9. The molecule has 1 aromatic heterocycles. The molecule has 4 rings (SSSR count). The molecule has 1 nitrogen and oxygen atoms in total. The highest BCUT2D eigenvalue weighted by Gasteiger charge is 2.21. The Bertz CT molecular complexity index is 945. The lowest BCUT2D eigenvalue weighted by atomic mass is 9.87. The molecule has 0 radical (unpaired) electrons. The van der Waals surface area contributed by atoms with Gasteiger partial charge in [0, 0.05) is 27.7 Å². The summed E-state index contributed by atoms with van der Waals surface area (Å²) in [6.45, 7) is 7.98. The van der Waals surface area contributed by atoms with Crippen molar-refractivity contribution in [2.45, 2.75) is 65.5 Å². The first-order chi connectivity index (χ1) is 14.6. The molecular formula is C27H34ClNS. The summed E-state index contributed by atoms with van der Waals surface area (Å²) in [7, 11) is 0. The third-order valence-corrected chi connectivity index (χ3v) is 8.49. The van der Waals surface area contributed by atoms with Crippen molar-refractivity contribution in [2.75, 3.05) is 6.54 Å². The third-order valence-electron chi connectivity index (χ3n) is 6.98. The minimum Gasteiger partial charge on any atom is -0.294 e. The molecule has 3 heteroatoms. The first kappa shape index (κ1) is 21.9. The molecule has 1 aliphatic carbocycles. The van der Waals surface area contributed by atoms with E-state index in [0.29, 0.717) is 0 Å². The standard InChI is InChI=1S/C27H34ClNS/c1-20-8-4-3-5-9-23(20)16-17-29(18-22-12-14-24(28)15-13-22)19-27-21(2)25-10-6-7-11-26(25)30-27/h6-7,10-15,20,23H,3-5,8-9,16-19H2,1-2H3/t20?,23-/m0/s1. The second-order valence-electron chi connectivity index (χ2n) is 9.15. The molecule has 0 bridgehead atoms. The highest BCUT2D eigenvalue weighted by atomic mass is 35.5. The van der Waals surface area contributed by atoms with Gasteiger partial charge in [0.25, 0.3) is 0 Å². The van der Waals surface area contributed by atoms with Crippen LogP contribution in [0.1, 0.15) is 61.5 Å². The summed E-state index contributed by atoms with van der Waals surface area (Å²) in [5, 5.41) is 2.24. The summed E-state index contributed by atoms with van der Waals surface area (Å²) in [4.78, 5) is 4.18. The maximum absolute atomic E-state index is 6.13. The van der Waals surface area contributed by atoms with E-state index in [1.54, 1.807) is 0 Å². The quantitative estimate of drug-likeness (QED) is 0.333. The predicted molar refractivity (Wildman–Crippen MR) is 132 cm³/mol. The number of benzene rings is 2. The first-order valence-electron chi connectivity index (χ1n) is 11.5. The van der Waals surface area contributed by atoms with Gasteiger partial charge in [-0.15, -0.1) is 11.3 Å². The van der Waals surface area contributed by atoms with Crippen LogP contribution in [0.2, 0.25) is 5.02 Å². The zero-order valence-electron chi connectivity index (χ0n) is 18.4. The largest absolute Gasteiger partial charge is 0.294 e. The minimum absolute atomic E-state index is 0.818. The Hall–Kier alpha value is -1.35. The Morgan fingerprint density at radius 2 is 1.73 bits per heavy atom. The molecule has 1 heterocycles. The van der Waals surface area contributed by atoms with E-state index in [1.807, 2.05) is 23.5 Å². The van der Waals surface area contributed by atoms with Gasteiger partial charge in [-0.2, -0.15) is 0 Å². The van der Waals surface area contributed by atoms with E-state index in [9.17, 15) is 0 Å². The number of nitrogens with zero attached hydrogens (tertiary/aromatic N) is 1. The summed E-state index contributed by atoms with van der Waals surface area (Å²) in [6.07, 6.45) is 8.42. The van der Waals surface area contributed by atoms with E-state index in [0.717, 1.165) is 29.9 Å².